The van der Waals surface area contributed by atoms with E-state index in [0.29, 0.717) is 6.54 Å². The van der Waals surface area contributed by atoms with Crippen molar-refractivity contribution in [2.45, 2.75) is 26.4 Å². The first-order valence-electron chi connectivity index (χ1n) is 3.01. The monoisotopic (exact) mass is 128 g/mol. The summed E-state index contributed by atoms with van der Waals surface area (Å²) in [4.78, 5) is 3.94. The fraction of sp³-hybridized carbons (Fsp3) is 0.857. The molecule has 0 heterocycles. The smallest absolute Gasteiger partial charge is 0.291 e. The standard InChI is InChI=1S/C7H14NO/c1-5-8-6-7(2,3)9-4/h6H2,1-4H3/q+1. The van der Waals surface area contributed by atoms with Crippen LogP contribution in [0.25, 0.3) is 4.85 Å². The second kappa shape index (κ2) is 3.47. The van der Waals surface area contributed by atoms with Crippen LogP contribution in [0, 0.1) is 6.07 Å². The Morgan fingerprint density at radius 2 is 2.11 bits per heavy atom. The Morgan fingerprint density at radius 3 is 2.44 bits per heavy atom. The summed E-state index contributed by atoms with van der Waals surface area (Å²) in [7, 11) is 1.69. The minimum absolute atomic E-state index is 0.136. The van der Waals surface area contributed by atoms with Gasteiger partial charge in [-0.15, -0.1) is 0 Å². The molecule has 2 nitrogen and oxygen atoms in total. The van der Waals surface area contributed by atoms with E-state index in [1.54, 1.807) is 14.0 Å². The average molecular weight is 128 g/mol. The van der Waals surface area contributed by atoms with Crippen LogP contribution in [0.3, 0.4) is 0 Å². The van der Waals surface area contributed by atoms with Crippen LogP contribution in [0.15, 0.2) is 0 Å². The van der Waals surface area contributed by atoms with Gasteiger partial charge in [-0.05, 0) is 13.8 Å². The summed E-state index contributed by atoms with van der Waals surface area (Å²) in [6.45, 7) is 6.45. The molecule has 9 heavy (non-hydrogen) atoms. The summed E-state index contributed by atoms with van der Waals surface area (Å²) in [6.07, 6.45) is 0. The summed E-state index contributed by atoms with van der Waals surface area (Å²) >= 11 is 0. The van der Waals surface area contributed by atoms with Gasteiger partial charge in [-0.3, -0.25) is 0 Å². The van der Waals surface area contributed by atoms with Crippen molar-refractivity contribution < 1.29 is 4.74 Å². The van der Waals surface area contributed by atoms with Gasteiger partial charge in [0.2, 0.25) is 0 Å². The number of nitrogens with zero attached hydrogens (tertiary/aromatic N) is 1. The van der Waals surface area contributed by atoms with E-state index in [4.69, 9.17) is 4.74 Å². The molecular weight excluding hydrogens is 114 g/mol. The molecule has 0 atom stereocenters. The van der Waals surface area contributed by atoms with E-state index in [-0.39, 0.29) is 5.60 Å². The number of rotatable bonds is 2. The summed E-state index contributed by atoms with van der Waals surface area (Å²) in [6, 6.07) is 2.70. The maximum atomic E-state index is 5.11. The highest BCUT2D eigenvalue weighted by molar-refractivity contribution is 4.87. The first-order chi connectivity index (χ1) is 4.12. The molecular formula is C7H14NO+. The minimum atomic E-state index is -0.136. The van der Waals surface area contributed by atoms with Crippen molar-refractivity contribution in [3.05, 3.63) is 4.85 Å². The fourth-order valence-corrected chi connectivity index (χ4v) is 0.334. The molecule has 0 aliphatic rings. The highest BCUT2D eigenvalue weighted by Crippen LogP contribution is 2.06. The molecule has 0 aliphatic carbocycles. The molecule has 0 N–H and O–H groups in total. The van der Waals surface area contributed by atoms with E-state index >= 15 is 0 Å². The third-order valence-electron chi connectivity index (χ3n) is 1.17. The van der Waals surface area contributed by atoms with Crippen molar-refractivity contribution in [3.8, 4) is 6.07 Å². The van der Waals surface area contributed by atoms with Gasteiger partial charge in [0.25, 0.3) is 12.6 Å². The van der Waals surface area contributed by atoms with E-state index in [9.17, 15) is 0 Å². The molecule has 0 unspecified atom stereocenters. The predicted molar refractivity (Wildman–Crippen MR) is 38.9 cm³/mol. The quantitative estimate of drug-likeness (QED) is 0.552. The van der Waals surface area contributed by atoms with Crippen LogP contribution in [0.2, 0.25) is 0 Å². The number of ether oxygens (including phenoxy) is 1. The molecule has 0 radical (unpaired) electrons. The van der Waals surface area contributed by atoms with Gasteiger partial charge in [0, 0.05) is 7.11 Å². The van der Waals surface area contributed by atoms with E-state index in [2.05, 4.69) is 10.9 Å². The molecule has 0 amide bonds. The Morgan fingerprint density at radius 1 is 1.56 bits per heavy atom. The van der Waals surface area contributed by atoms with Crippen LogP contribution in [0.4, 0.5) is 0 Å². The molecule has 0 rings (SSSR count). The molecule has 52 valence electrons. The third kappa shape index (κ3) is 3.99. The number of hydrogen-bond acceptors (Lipinski definition) is 1. The molecule has 0 spiro atoms. The van der Waals surface area contributed by atoms with Gasteiger partial charge in [-0.2, -0.15) is 0 Å². The molecule has 0 aromatic heterocycles. The van der Waals surface area contributed by atoms with Crippen molar-refractivity contribution >= 4 is 0 Å². The second-order valence-electron chi connectivity index (χ2n) is 2.50. The van der Waals surface area contributed by atoms with E-state index in [1.807, 2.05) is 13.8 Å². The Bertz CT molecular complexity index is 130. The van der Waals surface area contributed by atoms with E-state index in [1.165, 1.54) is 0 Å². The zero-order valence-electron chi connectivity index (χ0n) is 6.56. The lowest BCUT2D eigenvalue weighted by atomic mass is 10.1. The van der Waals surface area contributed by atoms with E-state index < -0.39 is 0 Å². The molecule has 0 fully saturated rings. The van der Waals surface area contributed by atoms with Crippen molar-refractivity contribution in [1.82, 2.24) is 0 Å². The Kier molecular flexibility index (Phi) is 3.26. The molecule has 0 aromatic rings. The summed E-state index contributed by atoms with van der Waals surface area (Å²) in [5.74, 6) is 0. The molecule has 2 heteroatoms. The van der Waals surface area contributed by atoms with Crippen LogP contribution in [-0.4, -0.2) is 19.3 Å². The van der Waals surface area contributed by atoms with Crippen LogP contribution in [0.1, 0.15) is 20.8 Å². The van der Waals surface area contributed by atoms with Crippen LogP contribution < -0.4 is 0 Å². The highest BCUT2D eigenvalue weighted by Gasteiger charge is 2.21. The number of hydrogen-bond donors (Lipinski definition) is 0. The first kappa shape index (κ1) is 8.45. The van der Waals surface area contributed by atoms with Gasteiger partial charge >= 0.3 is 0 Å². The normalized spacial score (nSPS) is 10.2. The van der Waals surface area contributed by atoms with Crippen molar-refractivity contribution in [1.29, 1.82) is 0 Å². The third-order valence-corrected chi connectivity index (χ3v) is 1.17. The largest absolute Gasteiger partial charge is 0.371 e. The lowest BCUT2D eigenvalue weighted by Crippen LogP contribution is -2.25. The van der Waals surface area contributed by atoms with Crippen LogP contribution in [0.5, 0.6) is 0 Å². The summed E-state index contributed by atoms with van der Waals surface area (Å²) in [5, 5.41) is 0. The molecule has 0 aromatic carbocycles. The highest BCUT2D eigenvalue weighted by atomic mass is 16.5. The minimum Gasteiger partial charge on any atom is -0.371 e. The van der Waals surface area contributed by atoms with Gasteiger partial charge in [0.15, 0.2) is 0 Å². The Hall–Kier alpha value is -0.550. The van der Waals surface area contributed by atoms with Crippen molar-refractivity contribution in [2.75, 3.05) is 13.7 Å². The van der Waals surface area contributed by atoms with Gasteiger partial charge in [0.1, 0.15) is 5.60 Å². The van der Waals surface area contributed by atoms with E-state index in [0.717, 1.165) is 0 Å². The first-order valence-corrected chi connectivity index (χ1v) is 3.01. The van der Waals surface area contributed by atoms with Crippen molar-refractivity contribution in [2.24, 2.45) is 0 Å². The topological polar surface area (TPSA) is 13.6 Å². The maximum absolute atomic E-state index is 5.11. The molecule has 0 aliphatic heterocycles. The summed E-state index contributed by atoms with van der Waals surface area (Å²) < 4.78 is 5.11. The number of methoxy groups -OCH3 is 1. The molecule has 0 saturated heterocycles. The average Bonchev–Trinajstić information content (AvgIpc) is 1.84. The van der Waals surface area contributed by atoms with Gasteiger partial charge in [-0.1, -0.05) is 4.85 Å². The fourth-order valence-electron chi connectivity index (χ4n) is 0.334. The lowest BCUT2D eigenvalue weighted by molar-refractivity contribution is 0.0371. The van der Waals surface area contributed by atoms with Crippen molar-refractivity contribution in [3.63, 3.8) is 0 Å². The van der Waals surface area contributed by atoms with Crippen LogP contribution >= 0.6 is 0 Å². The van der Waals surface area contributed by atoms with Gasteiger partial charge in [0.05, 0.1) is 6.92 Å². The zero-order valence-corrected chi connectivity index (χ0v) is 6.56. The zero-order chi connectivity index (χ0) is 7.33. The molecule has 0 bridgehead atoms. The van der Waals surface area contributed by atoms with Gasteiger partial charge < -0.3 is 4.74 Å². The second-order valence-corrected chi connectivity index (χ2v) is 2.50. The maximum Gasteiger partial charge on any atom is 0.291 e. The predicted octanol–water partition coefficient (Wildman–Crippen LogP) is 1.76. The SMILES string of the molecule is CC#[N+]CC(C)(C)OC. The molecule has 0 saturated carbocycles. The van der Waals surface area contributed by atoms with Gasteiger partial charge in [-0.25, -0.2) is 0 Å². The summed E-state index contributed by atoms with van der Waals surface area (Å²) in [5.41, 5.74) is -0.136. The van der Waals surface area contributed by atoms with Crippen LogP contribution in [-0.2, 0) is 4.74 Å². The lowest BCUT2D eigenvalue weighted by Gasteiger charge is -2.12. The Labute approximate surface area is 56.6 Å². The Balaban J connectivity index is 3.67.